The molecular formula is C20H23N5OS. The fourth-order valence-electron chi connectivity index (χ4n) is 3.55. The molecule has 27 heavy (non-hydrogen) atoms. The van der Waals surface area contributed by atoms with Crippen molar-refractivity contribution in [2.24, 2.45) is 0 Å². The second kappa shape index (κ2) is 7.68. The predicted octanol–water partition coefficient (Wildman–Crippen LogP) is 3.64. The number of hydrogen-bond donors (Lipinski definition) is 0. The molecule has 0 N–H and O–H groups in total. The summed E-state index contributed by atoms with van der Waals surface area (Å²) in [6.45, 7) is 5.66. The van der Waals surface area contributed by atoms with Crippen LogP contribution in [0.15, 0.2) is 47.8 Å². The largest absolute Gasteiger partial charge is 0.338 e. The number of amides is 1. The van der Waals surface area contributed by atoms with E-state index >= 15 is 0 Å². The molecule has 1 aliphatic rings. The van der Waals surface area contributed by atoms with E-state index < -0.39 is 0 Å². The van der Waals surface area contributed by atoms with Crippen molar-refractivity contribution in [1.82, 2.24) is 24.5 Å². The van der Waals surface area contributed by atoms with Crippen LogP contribution in [0.3, 0.4) is 0 Å². The van der Waals surface area contributed by atoms with E-state index in [0.29, 0.717) is 17.4 Å². The maximum absolute atomic E-state index is 13.2. The zero-order valence-corrected chi connectivity index (χ0v) is 16.4. The quantitative estimate of drug-likeness (QED) is 0.646. The summed E-state index contributed by atoms with van der Waals surface area (Å²) < 4.78 is 2.03. The van der Waals surface area contributed by atoms with E-state index in [1.165, 1.54) is 0 Å². The second-order valence-corrected chi connectivity index (χ2v) is 8.67. The Bertz CT molecular complexity index is 954. The third kappa shape index (κ3) is 3.69. The van der Waals surface area contributed by atoms with Crippen LogP contribution in [0.5, 0.6) is 0 Å². The lowest BCUT2D eigenvalue weighted by Crippen LogP contribution is -2.39. The van der Waals surface area contributed by atoms with E-state index in [9.17, 15) is 4.79 Å². The highest BCUT2D eigenvalue weighted by molar-refractivity contribution is 7.99. The SMILES string of the molecule is CC(C)Sc1ncccc1C(=O)N1CCC[C@@H](c2nnc3ccccn23)C1. The van der Waals surface area contributed by atoms with Gasteiger partial charge in [0.25, 0.3) is 5.91 Å². The molecule has 1 amide bonds. The van der Waals surface area contributed by atoms with E-state index in [1.54, 1.807) is 18.0 Å². The normalized spacial score (nSPS) is 17.6. The molecule has 0 bridgehead atoms. The number of fused-ring (bicyclic) bond motifs is 1. The average Bonchev–Trinajstić information content (AvgIpc) is 3.12. The number of piperidine rings is 1. The molecule has 0 saturated carbocycles. The molecule has 4 rings (SSSR count). The molecule has 0 aromatic carbocycles. The maximum Gasteiger partial charge on any atom is 0.256 e. The van der Waals surface area contributed by atoms with Gasteiger partial charge in [0.1, 0.15) is 10.9 Å². The highest BCUT2D eigenvalue weighted by Crippen LogP contribution is 2.29. The number of nitrogens with zero attached hydrogens (tertiary/aromatic N) is 5. The molecule has 3 aromatic rings. The Hall–Kier alpha value is -2.41. The Morgan fingerprint density at radius 2 is 2.11 bits per heavy atom. The lowest BCUT2D eigenvalue weighted by atomic mass is 9.96. The Morgan fingerprint density at radius 1 is 1.22 bits per heavy atom. The number of aromatic nitrogens is 4. The molecule has 0 unspecified atom stereocenters. The third-order valence-electron chi connectivity index (χ3n) is 4.76. The maximum atomic E-state index is 13.2. The minimum absolute atomic E-state index is 0.0600. The van der Waals surface area contributed by atoms with E-state index in [1.807, 2.05) is 45.8 Å². The summed E-state index contributed by atoms with van der Waals surface area (Å²) in [6, 6.07) is 9.62. The summed E-state index contributed by atoms with van der Waals surface area (Å²) in [5.74, 6) is 1.19. The summed E-state index contributed by atoms with van der Waals surface area (Å²) in [4.78, 5) is 19.6. The topological polar surface area (TPSA) is 63.4 Å². The van der Waals surface area contributed by atoms with Gasteiger partial charge in [0.15, 0.2) is 5.65 Å². The van der Waals surface area contributed by atoms with Crippen molar-refractivity contribution in [3.8, 4) is 0 Å². The minimum Gasteiger partial charge on any atom is -0.338 e. The van der Waals surface area contributed by atoms with E-state index in [4.69, 9.17) is 0 Å². The van der Waals surface area contributed by atoms with Gasteiger partial charge in [0.05, 0.1) is 5.56 Å². The summed E-state index contributed by atoms with van der Waals surface area (Å²) >= 11 is 1.63. The Morgan fingerprint density at radius 3 is 2.96 bits per heavy atom. The molecule has 140 valence electrons. The first-order chi connectivity index (χ1) is 13.1. The van der Waals surface area contributed by atoms with Crippen LogP contribution in [0.4, 0.5) is 0 Å². The minimum atomic E-state index is 0.0600. The van der Waals surface area contributed by atoms with Crippen LogP contribution in [-0.2, 0) is 0 Å². The standard InChI is InChI=1S/C20H23N5OS/c1-14(2)27-19-16(8-5-10-21-19)20(26)24-11-6-7-15(13-24)18-23-22-17-9-3-4-12-25(17)18/h3-5,8-10,12,14-15H,6-7,11,13H2,1-2H3/t15-/m1/s1. The van der Waals surface area contributed by atoms with Crippen LogP contribution in [0.25, 0.3) is 5.65 Å². The Kier molecular flexibility index (Phi) is 5.11. The number of pyridine rings is 2. The highest BCUT2D eigenvalue weighted by Gasteiger charge is 2.29. The zero-order valence-electron chi connectivity index (χ0n) is 15.6. The molecule has 1 atom stereocenters. The van der Waals surface area contributed by atoms with Crippen molar-refractivity contribution in [2.75, 3.05) is 13.1 Å². The lowest BCUT2D eigenvalue weighted by Gasteiger charge is -2.32. The lowest BCUT2D eigenvalue weighted by molar-refractivity contribution is 0.0700. The molecule has 4 heterocycles. The number of likely N-dealkylation sites (tertiary alicyclic amines) is 1. The fraction of sp³-hybridized carbons (Fsp3) is 0.400. The Labute approximate surface area is 163 Å². The van der Waals surface area contributed by atoms with Gasteiger partial charge >= 0.3 is 0 Å². The van der Waals surface area contributed by atoms with Gasteiger partial charge in [0, 0.05) is 36.7 Å². The number of hydrogen-bond acceptors (Lipinski definition) is 5. The number of rotatable bonds is 4. The number of thioether (sulfide) groups is 1. The van der Waals surface area contributed by atoms with Crippen LogP contribution in [0.2, 0.25) is 0 Å². The third-order valence-corrected chi connectivity index (χ3v) is 5.78. The smallest absolute Gasteiger partial charge is 0.256 e. The van der Waals surface area contributed by atoms with Crippen molar-refractivity contribution >= 4 is 23.3 Å². The van der Waals surface area contributed by atoms with Crippen molar-refractivity contribution in [3.05, 3.63) is 54.1 Å². The predicted molar refractivity (Wildman–Crippen MR) is 106 cm³/mol. The highest BCUT2D eigenvalue weighted by atomic mass is 32.2. The van der Waals surface area contributed by atoms with Crippen molar-refractivity contribution in [3.63, 3.8) is 0 Å². The van der Waals surface area contributed by atoms with E-state index in [-0.39, 0.29) is 11.8 Å². The zero-order chi connectivity index (χ0) is 18.8. The summed E-state index contributed by atoms with van der Waals surface area (Å²) in [5.41, 5.74) is 1.54. The van der Waals surface area contributed by atoms with Crippen molar-refractivity contribution < 1.29 is 4.79 Å². The molecule has 0 radical (unpaired) electrons. The van der Waals surface area contributed by atoms with Crippen molar-refractivity contribution in [1.29, 1.82) is 0 Å². The van der Waals surface area contributed by atoms with E-state index in [2.05, 4.69) is 29.0 Å². The molecule has 7 heteroatoms. The molecule has 1 fully saturated rings. The van der Waals surface area contributed by atoms with Gasteiger partial charge in [-0.15, -0.1) is 22.0 Å². The molecule has 6 nitrogen and oxygen atoms in total. The van der Waals surface area contributed by atoms with Crippen molar-refractivity contribution in [2.45, 2.75) is 42.9 Å². The molecule has 3 aromatic heterocycles. The first kappa shape index (κ1) is 18.0. The van der Waals surface area contributed by atoms with Gasteiger partial charge in [-0.25, -0.2) is 4.98 Å². The molecule has 0 aliphatic carbocycles. The second-order valence-electron chi connectivity index (χ2n) is 7.10. The van der Waals surface area contributed by atoms with Gasteiger partial charge in [0.2, 0.25) is 0 Å². The van der Waals surface area contributed by atoms with Crippen LogP contribution in [-0.4, -0.2) is 48.7 Å². The first-order valence-corrected chi connectivity index (χ1v) is 10.2. The van der Waals surface area contributed by atoms with Crippen LogP contribution in [0, 0.1) is 0 Å². The Balaban J connectivity index is 1.58. The monoisotopic (exact) mass is 381 g/mol. The summed E-state index contributed by atoms with van der Waals surface area (Å²) in [5, 5.41) is 9.86. The van der Waals surface area contributed by atoms with E-state index in [0.717, 1.165) is 35.9 Å². The number of carbonyl (C=O) groups is 1. The van der Waals surface area contributed by atoms with Crippen LogP contribution in [0.1, 0.15) is 48.8 Å². The van der Waals surface area contributed by atoms with Gasteiger partial charge in [-0.3, -0.25) is 9.20 Å². The van der Waals surface area contributed by atoms with Gasteiger partial charge in [-0.2, -0.15) is 0 Å². The number of carbonyl (C=O) groups excluding carboxylic acids is 1. The molecule has 1 saturated heterocycles. The fourth-order valence-corrected chi connectivity index (χ4v) is 4.40. The first-order valence-electron chi connectivity index (χ1n) is 9.34. The summed E-state index contributed by atoms with van der Waals surface area (Å²) in [7, 11) is 0. The average molecular weight is 382 g/mol. The molecular weight excluding hydrogens is 358 g/mol. The molecule has 0 spiro atoms. The van der Waals surface area contributed by atoms with Gasteiger partial charge in [-0.05, 0) is 37.1 Å². The summed E-state index contributed by atoms with van der Waals surface area (Å²) in [6.07, 6.45) is 5.72. The molecule has 1 aliphatic heterocycles. The van der Waals surface area contributed by atoms with Gasteiger partial charge in [-0.1, -0.05) is 19.9 Å². The van der Waals surface area contributed by atoms with Crippen LogP contribution >= 0.6 is 11.8 Å². The van der Waals surface area contributed by atoms with Crippen LogP contribution < -0.4 is 0 Å². The van der Waals surface area contributed by atoms with Gasteiger partial charge < -0.3 is 4.90 Å².